The van der Waals surface area contributed by atoms with E-state index in [0.29, 0.717) is 19.3 Å². The Morgan fingerprint density at radius 1 is 1.42 bits per heavy atom. The van der Waals surface area contributed by atoms with E-state index in [2.05, 4.69) is 17.1 Å². The number of fused-ring (bicyclic) bond motifs is 3. The first-order valence-corrected chi connectivity index (χ1v) is 11.9. The molecule has 1 saturated heterocycles. The Morgan fingerprint density at radius 3 is 2.76 bits per heavy atom. The van der Waals surface area contributed by atoms with E-state index in [9.17, 15) is 20.0 Å². The van der Waals surface area contributed by atoms with Gasteiger partial charge in [0.05, 0.1) is 24.3 Å². The van der Waals surface area contributed by atoms with Crippen LogP contribution in [0.25, 0.3) is 0 Å². The Balaban J connectivity index is 1.44. The molecule has 178 valence electrons. The predicted octanol–water partition coefficient (Wildman–Crippen LogP) is 1.88. The zero-order valence-corrected chi connectivity index (χ0v) is 19.6. The highest BCUT2D eigenvalue weighted by Gasteiger charge is 2.47. The van der Waals surface area contributed by atoms with Crippen molar-refractivity contribution in [2.24, 2.45) is 28.5 Å². The number of carbonyl (C=O) groups is 2. The third-order valence-corrected chi connectivity index (χ3v) is 7.68. The number of carbonyl (C=O) groups excluding carboxylic acids is 2. The summed E-state index contributed by atoms with van der Waals surface area (Å²) in [6.07, 6.45) is 9.13. The van der Waals surface area contributed by atoms with Crippen LogP contribution in [0.1, 0.15) is 52.4 Å². The molecule has 8 heteroatoms. The lowest BCUT2D eigenvalue weighted by molar-refractivity contribution is -0.161. The average Bonchev–Trinajstić information content (AvgIpc) is 2.98. The summed E-state index contributed by atoms with van der Waals surface area (Å²) in [5.41, 5.74) is 8.09. The second-order valence-corrected chi connectivity index (χ2v) is 10.3. The van der Waals surface area contributed by atoms with Crippen molar-refractivity contribution in [2.75, 3.05) is 7.05 Å². The molecule has 1 amide bonds. The molecule has 0 spiro atoms. The first-order valence-electron chi connectivity index (χ1n) is 11.9. The normalized spacial score (nSPS) is 35.5. The number of likely N-dealkylation sites (tertiary alicyclic amines) is 1. The van der Waals surface area contributed by atoms with Crippen molar-refractivity contribution in [1.29, 1.82) is 5.26 Å². The molecule has 1 saturated carbocycles. The van der Waals surface area contributed by atoms with Gasteiger partial charge in [0.15, 0.2) is 0 Å². The Bertz CT molecular complexity index is 949. The van der Waals surface area contributed by atoms with Crippen molar-refractivity contribution in [3.05, 3.63) is 23.3 Å². The number of nitriles is 1. The lowest BCUT2D eigenvalue weighted by atomic mass is 9.67. The fourth-order valence-electron chi connectivity index (χ4n) is 6.14. The van der Waals surface area contributed by atoms with Gasteiger partial charge in [-0.25, -0.2) is 0 Å². The molecule has 3 aliphatic carbocycles. The van der Waals surface area contributed by atoms with Crippen molar-refractivity contribution in [3.63, 3.8) is 0 Å². The molecule has 0 aromatic heterocycles. The highest BCUT2D eigenvalue weighted by molar-refractivity contribution is 5.90. The van der Waals surface area contributed by atoms with Crippen LogP contribution in [0, 0.1) is 29.1 Å². The number of hydrogen-bond acceptors (Lipinski definition) is 7. The number of amides is 1. The largest absolute Gasteiger partial charge is 0.455 e. The van der Waals surface area contributed by atoms with Crippen LogP contribution in [0.2, 0.25) is 0 Å². The van der Waals surface area contributed by atoms with Crippen LogP contribution >= 0.6 is 0 Å². The molecule has 8 nitrogen and oxygen atoms in total. The average molecular weight is 455 g/mol. The Labute approximate surface area is 195 Å². The van der Waals surface area contributed by atoms with Crippen molar-refractivity contribution in [2.45, 2.75) is 82.2 Å². The van der Waals surface area contributed by atoms with Gasteiger partial charge in [0, 0.05) is 19.7 Å². The molecule has 5 unspecified atom stereocenters. The molecule has 1 aliphatic heterocycles. The molecule has 8 atom stereocenters. The number of rotatable bonds is 6. The molecular weight excluding hydrogens is 420 g/mol. The molecule has 3 N–H and O–H groups in total. The summed E-state index contributed by atoms with van der Waals surface area (Å²) in [7, 11) is 1.56. The fourth-order valence-corrected chi connectivity index (χ4v) is 6.14. The minimum atomic E-state index is -0.886. The van der Waals surface area contributed by atoms with Gasteiger partial charge in [0.1, 0.15) is 17.6 Å². The standard InChI is InChI=1S/C25H34N4O4/c1-14(30)20(13-28-3)24(32)33-25(2)10-15-6-16(11-25)8-18(7-15)22(27)23(31)29-19(12-26)9-17-4-5-21(17)29/h4,10,13-14,16,18-22,30H,5-9,11,27H2,1-3H3/t14?,16?,18?,19-,20?,21-,22-,25?/m0/s1. The maximum absolute atomic E-state index is 13.3. The van der Waals surface area contributed by atoms with Gasteiger partial charge < -0.3 is 20.5 Å². The quantitative estimate of drug-likeness (QED) is 0.358. The van der Waals surface area contributed by atoms with E-state index in [1.54, 1.807) is 18.9 Å². The van der Waals surface area contributed by atoms with Crippen LogP contribution in [0.3, 0.4) is 0 Å². The van der Waals surface area contributed by atoms with E-state index in [-0.39, 0.29) is 23.8 Å². The monoisotopic (exact) mass is 454 g/mol. The van der Waals surface area contributed by atoms with Crippen LogP contribution in [0.15, 0.2) is 28.3 Å². The van der Waals surface area contributed by atoms with Crippen molar-refractivity contribution >= 4 is 18.1 Å². The summed E-state index contributed by atoms with van der Waals surface area (Å²) >= 11 is 0. The van der Waals surface area contributed by atoms with Gasteiger partial charge in [-0.3, -0.25) is 14.6 Å². The zero-order valence-electron chi connectivity index (χ0n) is 19.6. The summed E-state index contributed by atoms with van der Waals surface area (Å²) in [5, 5.41) is 19.4. The molecule has 4 rings (SSSR count). The Morgan fingerprint density at radius 2 is 2.18 bits per heavy atom. The van der Waals surface area contributed by atoms with Gasteiger partial charge in [-0.15, -0.1) is 0 Å². The molecule has 0 radical (unpaired) electrons. The SMILES string of the molecule is CN=CC(C(=O)OC1(C)C=C2CC(CC([C@H](N)C(=O)N3[C@H](C#N)CC4=CC[C@@H]43)C2)C1)C(C)O. The molecule has 0 aromatic rings. The molecule has 4 aliphatic rings. The molecular formula is C25H34N4O4. The van der Waals surface area contributed by atoms with E-state index < -0.39 is 35.7 Å². The first kappa shape index (κ1) is 23.7. The lowest BCUT2D eigenvalue weighted by Gasteiger charge is -2.44. The molecule has 0 aromatic carbocycles. The number of nitrogens with zero attached hydrogens (tertiary/aromatic N) is 3. The van der Waals surface area contributed by atoms with Gasteiger partial charge in [-0.2, -0.15) is 5.26 Å². The molecule has 2 fully saturated rings. The van der Waals surface area contributed by atoms with Crippen LogP contribution < -0.4 is 5.73 Å². The topological polar surface area (TPSA) is 129 Å². The Kier molecular flexibility index (Phi) is 6.47. The van der Waals surface area contributed by atoms with Gasteiger partial charge >= 0.3 is 5.97 Å². The van der Waals surface area contributed by atoms with Crippen LogP contribution in [0.4, 0.5) is 0 Å². The minimum absolute atomic E-state index is 0.00707. The van der Waals surface area contributed by atoms with Crippen molar-refractivity contribution in [1.82, 2.24) is 4.90 Å². The van der Waals surface area contributed by atoms with Crippen molar-refractivity contribution in [3.8, 4) is 6.07 Å². The lowest BCUT2D eigenvalue weighted by Crippen LogP contribution is -2.54. The van der Waals surface area contributed by atoms with Gasteiger partial charge in [-0.05, 0) is 69.4 Å². The summed E-state index contributed by atoms with van der Waals surface area (Å²) in [6, 6.07) is 1.26. The second kappa shape index (κ2) is 9.03. The summed E-state index contributed by atoms with van der Waals surface area (Å²) in [6.45, 7) is 3.45. The fraction of sp³-hybridized carbons (Fsp3) is 0.680. The van der Waals surface area contributed by atoms with E-state index in [1.807, 2.05) is 13.0 Å². The summed E-state index contributed by atoms with van der Waals surface area (Å²) in [5.74, 6) is -1.14. The minimum Gasteiger partial charge on any atom is -0.455 e. The molecule has 1 heterocycles. The van der Waals surface area contributed by atoms with E-state index >= 15 is 0 Å². The number of aliphatic hydroxyl groups excluding tert-OH is 1. The number of esters is 1. The van der Waals surface area contributed by atoms with Crippen molar-refractivity contribution < 1.29 is 19.4 Å². The smallest absolute Gasteiger partial charge is 0.317 e. The van der Waals surface area contributed by atoms with Gasteiger partial charge in [0.2, 0.25) is 5.91 Å². The van der Waals surface area contributed by atoms with Crippen LogP contribution in [-0.4, -0.2) is 65.0 Å². The summed E-state index contributed by atoms with van der Waals surface area (Å²) in [4.78, 5) is 31.6. The number of hydrogen-bond donors (Lipinski definition) is 2. The van der Waals surface area contributed by atoms with E-state index in [1.165, 1.54) is 11.8 Å². The van der Waals surface area contributed by atoms with Gasteiger partial charge in [0.25, 0.3) is 0 Å². The van der Waals surface area contributed by atoms with Gasteiger partial charge in [-0.1, -0.05) is 11.6 Å². The number of allylic oxidation sites excluding steroid dienone is 1. The predicted molar refractivity (Wildman–Crippen MR) is 123 cm³/mol. The second-order valence-electron chi connectivity index (χ2n) is 10.3. The van der Waals surface area contributed by atoms with E-state index in [0.717, 1.165) is 24.8 Å². The third kappa shape index (κ3) is 4.49. The zero-order chi connectivity index (χ0) is 23.9. The summed E-state index contributed by atoms with van der Waals surface area (Å²) < 4.78 is 5.86. The number of ether oxygens (including phenoxy) is 1. The highest BCUT2D eigenvalue weighted by Crippen LogP contribution is 2.46. The maximum Gasteiger partial charge on any atom is 0.317 e. The van der Waals surface area contributed by atoms with Crippen LogP contribution in [0.5, 0.6) is 0 Å². The first-order chi connectivity index (χ1) is 15.7. The highest BCUT2D eigenvalue weighted by atomic mass is 16.6. The van der Waals surface area contributed by atoms with Crippen LogP contribution in [-0.2, 0) is 14.3 Å². The Hall–Kier alpha value is -2.50. The maximum atomic E-state index is 13.3. The number of aliphatic imine (C=N–C) groups is 1. The third-order valence-electron chi connectivity index (χ3n) is 7.68. The number of aliphatic hydroxyl groups is 1. The van der Waals surface area contributed by atoms with E-state index in [4.69, 9.17) is 10.5 Å². The number of nitrogens with two attached hydrogens (primary N) is 1. The molecule has 33 heavy (non-hydrogen) atoms. The molecule has 2 bridgehead atoms.